The van der Waals surface area contributed by atoms with E-state index in [-0.39, 0.29) is 102 Å². The van der Waals surface area contributed by atoms with Gasteiger partial charge in [0.15, 0.2) is 46.8 Å². The van der Waals surface area contributed by atoms with Crippen LogP contribution in [0.25, 0.3) is 0 Å². The number of hydrogen-bond acceptors (Lipinski definition) is 18. The van der Waals surface area contributed by atoms with E-state index in [4.69, 9.17) is 40.1 Å². The number of nitrogens with two attached hydrogens (primary N) is 7. The Labute approximate surface area is 459 Å². The fourth-order valence-electron chi connectivity index (χ4n) is 8.13. The van der Waals surface area contributed by atoms with Crippen molar-refractivity contribution >= 4 is 82.4 Å². The van der Waals surface area contributed by atoms with Crippen LogP contribution in [0.15, 0.2) is 15.0 Å². The number of aliphatic carboxylic acids is 2. The van der Waals surface area contributed by atoms with E-state index < -0.39 is 170 Å². The number of rotatable bonds is 46. The second-order valence-corrected chi connectivity index (χ2v) is 19.1. The van der Waals surface area contributed by atoms with Crippen LogP contribution in [0.2, 0.25) is 0 Å². The number of Topliss-reactive ketones (excluding diaryl/α,β-unsaturated/α-hetero) is 5. The van der Waals surface area contributed by atoms with Gasteiger partial charge in [-0.05, 0) is 71.4 Å². The summed E-state index contributed by atoms with van der Waals surface area (Å²) in [4.78, 5) is 158. The third-order valence-corrected chi connectivity index (χ3v) is 12.7. The molecular formula is C49H87N15O15. The first-order valence-electron chi connectivity index (χ1n) is 26.3. The number of carbonyl (C=O) groups excluding carboxylic acids is 9. The maximum Gasteiger partial charge on any atom is 0.305 e. The van der Waals surface area contributed by atoms with Gasteiger partial charge in [0, 0.05) is 81.8 Å². The lowest BCUT2D eigenvalue weighted by Crippen LogP contribution is -2.49. The number of hydrogen-bond donors (Lipinski definition) is 16. The minimum absolute atomic E-state index is 0.00250. The number of nitrogens with zero attached hydrogens (tertiary/aromatic N) is 3. The van der Waals surface area contributed by atoms with Gasteiger partial charge in [-0.15, -0.1) is 0 Å². The molecule has 0 radical (unpaired) electrons. The Hall–Kier alpha value is -7.18. The molecule has 0 saturated heterocycles. The van der Waals surface area contributed by atoms with Crippen molar-refractivity contribution in [3.63, 3.8) is 0 Å². The molecule has 0 spiro atoms. The van der Waals surface area contributed by atoms with Crippen molar-refractivity contribution in [2.24, 2.45) is 78.8 Å². The molecule has 0 aliphatic carbocycles. The lowest BCUT2D eigenvalue weighted by Gasteiger charge is -2.26. The summed E-state index contributed by atoms with van der Waals surface area (Å²) in [6.45, 7) is 1.58. The van der Waals surface area contributed by atoms with Crippen molar-refractivity contribution in [1.82, 2.24) is 26.6 Å². The zero-order chi connectivity index (χ0) is 60.2. The van der Waals surface area contributed by atoms with Gasteiger partial charge >= 0.3 is 11.9 Å². The summed E-state index contributed by atoms with van der Waals surface area (Å²) in [5.74, 6) is -14.7. The van der Waals surface area contributed by atoms with Crippen molar-refractivity contribution < 1.29 is 73.2 Å². The summed E-state index contributed by atoms with van der Waals surface area (Å²) in [7, 11) is 1.44. The van der Waals surface area contributed by atoms with Crippen LogP contribution in [0.1, 0.15) is 123 Å². The number of aliphatic hydroxyl groups is 2. The van der Waals surface area contributed by atoms with E-state index in [9.17, 15) is 73.2 Å². The van der Waals surface area contributed by atoms with E-state index in [2.05, 4.69) is 41.6 Å². The van der Waals surface area contributed by atoms with Crippen LogP contribution in [-0.2, 0) is 52.7 Å². The topological polar surface area (TPSA) is 548 Å². The van der Waals surface area contributed by atoms with Gasteiger partial charge in [0.1, 0.15) is 6.04 Å². The van der Waals surface area contributed by atoms with Crippen LogP contribution in [-0.4, -0.2) is 179 Å². The zero-order valence-electron chi connectivity index (χ0n) is 45.6. The van der Waals surface area contributed by atoms with Gasteiger partial charge in [-0.2, -0.15) is 0 Å². The summed E-state index contributed by atoms with van der Waals surface area (Å²) in [5.41, 5.74) is 38.6. The van der Waals surface area contributed by atoms with Crippen LogP contribution in [0, 0.1) is 23.7 Å². The molecule has 0 aromatic carbocycles. The first-order valence-corrected chi connectivity index (χ1v) is 26.3. The lowest BCUT2D eigenvalue weighted by atomic mass is 9.88. The van der Waals surface area contributed by atoms with E-state index in [1.165, 1.54) is 20.9 Å². The number of unbranched alkanes of at least 4 members (excludes halogenated alkanes) is 1. The first kappa shape index (κ1) is 71.8. The van der Waals surface area contributed by atoms with Gasteiger partial charge in [-0.3, -0.25) is 67.7 Å². The molecule has 0 fully saturated rings. The molecule has 0 unspecified atom stereocenters. The Morgan fingerprint density at radius 2 is 0.823 bits per heavy atom. The molecule has 79 heavy (non-hydrogen) atoms. The molecule has 0 aromatic rings. The summed E-state index contributed by atoms with van der Waals surface area (Å²) >= 11 is 0. The number of nitrogens with one attached hydrogen (secondary N) is 5. The molecule has 4 amide bonds. The van der Waals surface area contributed by atoms with Crippen molar-refractivity contribution in [3.8, 4) is 0 Å². The summed E-state index contributed by atoms with van der Waals surface area (Å²) in [6.07, 6.45) is -2.82. The number of carboxylic acid groups (broad SMARTS) is 2. The Morgan fingerprint density at radius 1 is 0.443 bits per heavy atom. The molecule has 0 aliphatic heterocycles. The van der Waals surface area contributed by atoms with Gasteiger partial charge in [0.25, 0.3) is 0 Å². The van der Waals surface area contributed by atoms with Crippen molar-refractivity contribution in [2.45, 2.75) is 153 Å². The highest BCUT2D eigenvalue weighted by atomic mass is 16.4. The van der Waals surface area contributed by atoms with E-state index >= 15 is 0 Å². The Morgan fingerprint density at radius 3 is 1.20 bits per heavy atom. The highest BCUT2D eigenvalue weighted by Gasteiger charge is 2.35. The van der Waals surface area contributed by atoms with Crippen LogP contribution in [0.5, 0.6) is 0 Å². The molecule has 448 valence electrons. The van der Waals surface area contributed by atoms with Crippen molar-refractivity contribution in [1.29, 1.82) is 0 Å². The summed E-state index contributed by atoms with van der Waals surface area (Å²) in [6, 6.07) is -6.81. The van der Waals surface area contributed by atoms with Crippen LogP contribution in [0.3, 0.4) is 0 Å². The highest BCUT2D eigenvalue weighted by Crippen LogP contribution is 2.22. The fourth-order valence-corrected chi connectivity index (χ4v) is 8.13. The predicted molar refractivity (Wildman–Crippen MR) is 290 cm³/mol. The van der Waals surface area contributed by atoms with Gasteiger partial charge in [-0.1, -0.05) is 20.3 Å². The Bertz CT molecular complexity index is 2110. The van der Waals surface area contributed by atoms with Crippen molar-refractivity contribution in [3.05, 3.63) is 0 Å². The van der Waals surface area contributed by atoms with E-state index in [0.29, 0.717) is 12.8 Å². The molecule has 0 saturated carbocycles. The standard InChI is InChI=1S/C49H87N15O15/c1-4-36(67)33(24-42(74)75)63-43(76)27(2)20-37(68)35(26-66)64-46(79)29(11-7-17-58-47(51)52)22-38(69)31(13-9-19-60-49(55)56)61-44(77)28(10-5-6-16-50)21-39(70)32(14-15-41(72)73)62-45(78)30(12-8-18-59-48(53)54)23-40(71)34(25-65)57-3/h27-35,57,65-66H,4-26,50H2,1-3H3,(H,61,77)(H,62,78)(H,63,76)(H,64,79)(H,72,73)(H,74,75)(H4,51,52,58)(H4,53,54,59)(H4,55,56,60)/t27-,28-,29-,30+,31+,32+,33+,34+,35+/m1/s1. The average Bonchev–Trinajstić information content (AvgIpc) is 3.38. The summed E-state index contributed by atoms with van der Waals surface area (Å²) in [5, 5.41) is 51.5. The number of likely N-dealkylation sites (N-methyl/N-ethyl adjacent to an activating group) is 1. The first-order chi connectivity index (χ1) is 37.2. The third-order valence-electron chi connectivity index (χ3n) is 12.7. The minimum atomic E-state index is -1.60. The molecule has 0 heterocycles. The number of ketones is 5. The predicted octanol–water partition coefficient (Wildman–Crippen LogP) is -4.57. The minimum Gasteiger partial charge on any atom is -0.481 e. The lowest BCUT2D eigenvalue weighted by molar-refractivity contribution is -0.141. The quantitative estimate of drug-likeness (QED) is 0.0155. The second-order valence-electron chi connectivity index (χ2n) is 19.1. The number of guanidine groups is 3. The largest absolute Gasteiger partial charge is 0.481 e. The normalized spacial score (nSPS) is 14.4. The number of carboxylic acids is 2. The van der Waals surface area contributed by atoms with Crippen LogP contribution in [0.4, 0.5) is 0 Å². The average molecular weight is 1130 g/mol. The molecule has 0 bridgehead atoms. The van der Waals surface area contributed by atoms with Gasteiger partial charge < -0.3 is 87.1 Å². The number of aliphatic hydroxyl groups excluding tert-OH is 2. The Balaban J connectivity index is 6.97. The van der Waals surface area contributed by atoms with E-state index in [0.717, 1.165) is 0 Å². The molecule has 0 rings (SSSR count). The molecule has 23 N–H and O–H groups in total. The molecule has 0 aliphatic rings. The number of amides is 4. The molecule has 30 heteroatoms. The Kier molecular flexibility index (Phi) is 36.4. The molecule has 9 atom stereocenters. The van der Waals surface area contributed by atoms with Gasteiger partial charge in [-0.25, -0.2) is 0 Å². The zero-order valence-corrected chi connectivity index (χ0v) is 45.6. The summed E-state index contributed by atoms with van der Waals surface area (Å²) < 4.78 is 0. The number of aliphatic imine (C=N–C) groups is 3. The van der Waals surface area contributed by atoms with Crippen molar-refractivity contribution in [2.75, 3.05) is 46.4 Å². The molecule has 0 aromatic heterocycles. The maximum atomic E-state index is 14.4. The molecule has 30 nitrogen and oxygen atoms in total. The maximum absolute atomic E-state index is 14.4. The highest BCUT2D eigenvalue weighted by molar-refractivity contribution is 5.98. The van der Waals surface area contributed by atoms with Crippen LogP contribution >= 0.6 is 0 Å². The third kappa shape index (κ3) is 31.1. The van der Waals surface area contributed by atoms with Crippen LogP contribution < -0.4 is 66.7 Å². The monoisotopic (exact) mass is 1130 g/mol. The number of carbonyl (C=O) groups is 11. The fraction of sp³-hybridized carbons (Fsp3) is 0.714. The van der Waals surface area contributed by atoms with Gasteiger partial charge in [0.2, 0.25) is 23.6 Å². The molecular weight excluding hydrogens is 1040 g/mol. The van der Waals surface area contributed by atoms with E-state index in [1.54, 1.807) is 0 Å². The van der Waals surface area contributed by atoms with Gasteiger partial charge in [0.05, 0.1) is 43.8 Å². The second kappa shape index (κ2) is 40.1. The smallest absolute Gasteiger partial charge is 0.305 e. The SMILES string of the molecule is CCC(=O)[C@H](CC(=O)O)NC(=O)[C@H](C)CC(=O)[C@H](CO)NC(=O)[C@H](CCCN=C(N)N)CC(=O)[C@H](CCCN=C(N)N)NC(=O)[C@H](CCCCN)CC(=O)[C@H](CCC(=O)O)NC(=O)[C@@H](CCCN=C(N)N)CC(=O)[C@H](CO)NC. The van der Waals surface area contributed by atoms with E-state index in [1.807, 2.05) is 0 Å².